The first-order valence-corrected chi connectivity index (χ1v) is 10.9. The van der Waals surface area contributed by atoms with E-state index in [1.807, 2.05) is 19.1 Å². The monoisotopic (exact) mass is 446 g/mol. The third-order valence-corrected chi connectivity index (χ3v) is 6.74. The second kappa shape index (κ2) is 8.79. The van der Waals surface area contributed by atoms with Gasteiger partial charge in [0.25, 0.3) is 5.91 Å². The van der Waals surface area contributed by atoms with Crippen molar-refractivity contribution in [3.8, 4) is 11.5 Å². The van der Waals surface area contributed by atoms with Crippen LogP contribution >= 0.6 is 22.9 Å². The Hall–Kier alpha value is -2.35. The van der Waals surface area contributed by atoms with Crippen molar-refractivity contribution in [2.75, 3.05) is 32.3 Å². The molecular weight excluding hydrogens is 424 g/mol. The second-order valence-electron chi connectivity index (χ2n) is 7.13. The van der Waals surface area contributed by atoms with Gasteiger partial charge in [-0.15, -0.1) is 0 Å². The Kier molecular flexibility index (Phi) is 6.13. The molecule has 1 atom stereocenters. The molecule has 158 valence electrons. The molecule has 3 aromatic rings. The average Bonchev–Trinajstić information content (AvgIpc) is 3.44. The Labute approximate surface area is 184 Å². The van der Waals surface area contributed by atoms with E-state index >= 15 is 0 Å². The molecule has 1 unspecified atom stereocenters. The van der Waals surface area contributed by atoms with Gasteiger partial charge in [0.05, 0.1) is 47.7 Å². The number of aryl methyl sites for hydroxylation is 1. The molecule has 1 aliphatic rings. The number of ether oxygens (including phenoxy) is 3. The molecule has 30 heavy (non-hydrogen) atoms. The van der Waals surface area contributed by atoms with Crippen molar-refractivity contribution in [3.63, 3.8) is 0 Å². The van der Waals surface area contributed by atoms with Crippen LogP contribution in [0, 0.1) is 6.92 Å². The molecule has 2 aromatic carbocycles. The number of rotatable bonds is 6. The summed E-state index contributed by atoms with van der Waals surface area (Å²) in [5.74, 6) is 0.690. The van der Waals surface area contributed by atoms with Gasteiger partial charge >= 0.3 is 0 Å². The first-order valence-electron chi connectivity index (χ1n) is 9.73. The molecule has 0 bridgehead atoms. The van der Waals surface area contributed by atoms with Crippen LogP contribution in [-0.2, 0) is 4.74 Å². The highest BCUT2D eigenvalue weighted by molar-refractivity contribution is 7.23. The molecule has 4 rings (SSSR count). The van der Waals surface area contributed by atoms with E-state index in [-0.39, 0.29) is 12.0 Å². The van der Waals surface area contributed by atoms with Crippen molar-refractivity contribution < 1.29 is 19.0 Å². The van der Waals surface area contributed by atoms with Crippen LogP contribution in [0.2, 0.25) is 5.02 Å². The number of halogens is 1. The van der Waals surface area contributed by atoms with E-state index in [4.69, 9.17) is 30.8 Å². The molecule has 0 N–H and O–H groups in total. The predicted octanol–water partition coefficient (Wildman–Crippen LogP) is 5.10. The van der Waals surface area contributed by atoms with Crippen LogP contribution in [0.15, 0.2) is 30.3 Å². The number of carbonyl (C=O) groups is 1. The fourth-order valence-corrected chi connectivity index (χ4v) is 4.97. The lowest BCUT2D eigenvalue weighted by atomic mass is 10.1. The summed E-state index contributed by atoms with van der Waals surface area (Å²) in [5, 5.41) is 1.22. The Bertz CT molecular complexity index is 1040. The van der Waals surface area contributed by atoms with E-state index in [1.165, 1.54) is 18.4 Å². The summed E-state index contributed by atoms with van der Waals surface area (Å²) in [4.78, 5) is 20.1. The number of amides is 1. The Morgan fingerprint density at radius 2 is 2.13 bits per heavy atom. The normalized spacial score (nSPS) is 16.1. The van der Waals surface area contributed by atoms with Gasteiger partial charge in [-0.2, -0.15) is 0 Å². The van der Waals surface area contributed by atoms with Crippen LogP contribution in [0.4, 0.5) is 5.13 Å². The number of carbonyl (C=O) groups excluding carboxylic acids is 1. The van der Waals surface area contributed by atoms with Gasteiger partial charge in [0.1, 0.15) is 0 Å². The quantitative estimate of drug-likeness (QED) is 0.527. The third kappa shape index (κ3) is 3.85. The van der Waals surface area contributed by atoms with Crippen LogP contribution in [-0.4, -0.2) is 44.4 Å². The van der Waals surface area contributed by atoms with Gasteiger partial charge in [-0.1, -0.05) is 35.1 Å². The van der Waals surface area contributed by atoms with Crippen molar-refractivity contribution >= 4 is 44.2 Å². The van der Waals surface area contributed by atoms with E-state index < -0.39 is 0 Å². The molecule has 1 saturated heterocycles. The zero-order valence-electron chi connectivity index (χ0n) is 17.1. The topological polar surface area (TPSA) is 60.9 Å². The smallest absolute Gasteiger partial charge is 0.264 e. The van der Waals surface area contributed by atoms with E-state index in [0.717, 1.165) is 28.6 Å². The van der Waals surface area contributed by atoms with Gasteiger partial charge in [-0.25, -0.2) is 4.98 Å². The molecule has 0 spiro atoms. The van der Waals surface area contributed by atoms with Crippen molar-refractivity contribution in [2.45, 2.75) is 25.9 Å². The van der Waals surface area contributed by atoms with Gasteiger partial charge in [-0.05, 0) is 43.5 Å². The molecule has 2 heterocycles. The molecule has 0 saturated carbocycles. The zero-order chi connectivity index (χ0) is 21.3. The number of hydrogen-bond acceptors (Lipinski definition) is 6. The fourth-order valence-electron chi connectivity index (χ4n) is 3.65. The molecule has 8 heteroatoms. The molecule has 1 amide bonds. The summed E-state index contributed by atoms with van der Waals surface area (Å²) in [6, 6.07) is 9.07. The summed E-state index contributed by atoms with van der Waals surface area (Å²) in [6.45, 7) is 3.11. The molecule has 0 radical (unpaired) electrons. The standard InChI is InChI=1S/C22H23ClN2O4S/c1-13-9-10-16(23)20-18(13)24-22(30-20)25(12-14-6-5-11-29-14)21(26)15-7-4-8-17(27-2)19(15)28-3/h4,7-10,14H,5-6,11-12H2,1-3H3. The summed E-state index contributed by atoms with van der Waals surface area (Å²) < 4.78 is 17.6. The second-order valence-corrected chi connectivity index (χ2v) is 8.52. The van der Waals surface area contributed by atoms with Crippen molar-refractivity contribution in [3.05, 3.63) is 46.5 Å². The number of aromatic nitrogens is 1. The zero-order valence-corrected chi connectivity index (χ0v) is 18.7. The van der Waals surface area contributed by atoms with Crippen LogP contribution in [0.5, 0.6) is 11.5 Å². The maximum absolute atomic E-state index is 13.7. The molecular formula is C22H23ClN2O4S. The number of methoxy groups -OCH3 is 2. The van der Waals surface area contributed by atoms with Gasteiger partial charge < -0.3 is 14.2 Å². The number of hydrogen-bond donors (Lipinski definition) is 0. The van der Waals surface area contributed by atoms with Gasteiger partial charge in [-0.3, -0.25) is 9.69 Å². The highest BCUT2D eigenvalue weighted by Crippen LogP contribution is 2.38. The third-order valence-electron chi connectivity index (χ3n) is 5.21. The van der Waals surface area contributed by atoms with Gasteiger partial charge in [0, 0.05) is 6.61 Å². The average molecular weight is 447 g/mol. The lowest BCUT2D eigenvalue weighted by Gasteiger charge is -2.24. The van der Waals surface area contributed by atoms with Gasteiger partial charge in [0.15, 0.2) is 16.6 Å². The van der Waals surface area contributed by atoms with E-state index in [0.29, 0.717) is 40.4 Å². The van der Waals surface area contributed by atoms with Crippen LogP contribution in [0.3, 0.4) is 0 Å². The van der Waals surface area contributed by atoms with Crippen molar-refractivity contribution in [1.29, 1.82) is 0 Å². The van der Waals surface area contributed by atoms with E-state index in [1.54, 1.807) is 30.2 Å². The van der Waals surface area contributed by atoms with E-state index in [2.05, 4.69) is 0 Å². The van der Waals surface area contributed by atoms with E-state index in [9.17, 15) is 4.79 Å². The number of fused-ring (bicyclic) bond motifs is 1. The Balaban J connectivity index is 1.80. The molecule has 0 aliphatic carbocycles. The molecule has 1 fully saturated rings. The van der Waals surface area contributed by atoms with Gasteiger partial charge in [0.2, 0.25) is 0 Å². The Morgan fingerprint density at radius 1 is 1.30 bits per heavy atom. The first kappa shape index (κ1) is 20.9. The van der Waals surface area contributed by atoms with Crippen LogP contribution in [0.1, 0.15) is 28.8 Å². The lowest BCUT2D eigenvalue weighted by Crippen LogP contribution is -2.37. The van der Waals surface area contributed by atoms with Crippen LogP contribution < -0.4 is 14.4 Å². The minimum atomic E-state index is -0.214. The minimum Gasteiger partial charge on any atom is -0.493 e. The number of benzene rings is 2. The molecule has 1 aliphatic heterocycles. The van der Waals surface area contributed by atoms with Crippen LogP contribution in [0.25, 0.3) is 10.2 Å². The fraction of sp³-hybridized carbons (Fsp3) is 0.364. The maximum atomic E-state index is 13.7. The number of anilines is 1. The highest BCUT2D eigenvalue weighted by atomic mass is 35.5. The summed E-state index contributed by atoms with van der Waals surface area (Å²) in [7, 11) is 3.08. The Morgan fingerprint density at radius 3 is 2.80 bits per heavy atom. The molecule has 1 aromatic heterocycles. The predicted molar refractivity (Wildman–Crippen MR) is 120 cm³/mol. The summed E-state index contributed by atoms with van der Waals surface area (Å²) in [6.07, 6.45) is 1.86. The summed E-state index contributed by atoms with van der Waals surface area (Å²) >= 11 is 7.82. The largest absolute Gasteiger partial charge is 0.493 e. The minimum absolute atomic E-state index is 0.0332. The lowest BCUT2D eigenvalue weighted by molar-refractivity contribution is 0.0914. The number of para-hydroxylation sites is 1. The summed E-state index contributed by atoms with van der Waals surface area (Å²) in [5.41, 5.74) is 2.24. The molecule has 6 nitrogen and oxygen atoms in total. The SMILES string of the molecule is COc1cccc(C(=O)N(CC2CCCO2)c2nc3c(C)ccc(Cl)c3s2)c1OC. The maximum Gasteiger partial charge on any atom is 0.264 e. The van der Waals surface area contributed by atoms with Crippen molar-refractivity contribution in [2.24, 2.45) is 0 Å². The van der Waals surface area contributed by atoms with Crippen molar-refractivity contribution in [1.82, 2.24) is 4.98 Å². The first-order chi connectivity index (χ1) is 14.5. The number of thiazole rings is 1. The number of nitrogens with zero attached hydrogens (tertiary/aromatic N) is 2. The highest BCUT2D eigenvalue weighted by Gasteiger charge is 2.30.